The van der Waals surface area contributed by atoms with E-state index >= 15 is 0 Å². The maximum atomic E-state index is 5.90. The Balaban J connectivity index is 1.93. The average molecular weight is 250 g/mol. The van der Waals surface area contributed by atoms with Gasteiger partial charge in [-0.3, -0.25) is 0 Å². The lowest BCUT2D eigenvalue weighted by Gasteiger charge is -2.38. The monoisotopic (exact) mass is 250 g/mol. The molecule has 1 aliphatic carbocycles. The van der Waals surface area contributed by atoms with E-state index in [1.165, 1.54) is 29.1 Å². The first-order chi connectivity index (χ1) is 7.84. The second-order valence-corrected chi connectivity index (χ2v) is 6.16. The molecule has 4 heteroatoms. The molecule has 2 nitrogen and oxygen atoms in total. The summed E-state index contributed by atoms with van der Waals surface area (Å²) in [5, 5.41) is 5.50. The Labute approximate surface area is 103 Å². The predicted octanol–water partition coefficient (Wildman–Crippen LogP) is 3.25. The molecule has 0 unspecified atom stereocenters. The molecular formula is C12H14N2S2. The topological polar surface area (TPSA) is 38.9 Å². The minimum absolute atomic E-state index is 0.209. The molecule has 0 radical (unpaired) electrons. The van der Waals surface area contributed by atoms with Crippen molar-refractivity contribution in [3.63, 3.8) is 0 Å². The molecule has 2 N–H and O–H groups in total. The third-order valence-corrected chi connectivity index (χ3v) is 5.41. The van der Waals surface area contributed by atoms with Gasteiger partial charge in [0.2, 0.25) is 0 Å². The second kappa shape index (κ2) is 3.95. The van der Waals surface area contributed by atoms with E-state index in [0.29, 0.717) is 0 Å². The van der Waals surface area contributed by atoms with E-state index in [-0.39, 0.29) is 5.41 Å². The summed E-state index contributed by atoms with van der Waals surface area (Å²) in [5.41, 5.74) is 7.23. The molecular weight excluding hydrogens is 236 g/mol. The number of rotatable bonds is 3. The minimum Gasteiger partial charge on any atom is -0.329 e. The first-order valence-corrected chi connectivity index (χ1v) is 7.30. The highest BCUT2D eigenvalue weighted by atomic mass is 32.1. The van der Waals surface area contributed by atoms with E-state index in [9.17, 15) is 0 Å². The van der Waals surface area contributed by atoms with E-state index in [1.807, 2.05) is 0 Å². The van der Waals surface area contributed by atoms with Crippen LogP contribution in [0.1, 0.15) is 24.3 Å². The number of hydrogen-bond donors (Lipinski definition) is 1. The molecule has 3 rings (SSSR count). The van der Waals surface area contributed by atoms with Crippen molar-refractivity contribution in [1.82, 2.24) is 4.98 Å². The van der Waals surface area contributed by atoms with Gasteiger partial charge in [0.15, 0.2) is 0 Å². The highest BCUT2D eigenvalue weighted by molar-refractivity contribution is 7.14. The van der Waals surface area contributed by atoms with Gasteiger partial charge in [-0.2, -0.15) is 0 Å². The molecule has 0 aliphatic heterocycles. The molecule has 0 bridgehead atoms. The van der Waals surface area contributed by atoms with Crippen LogP contribution in [0.2, 0.25) is 0 Å². The SMILES string of the molecule is NCC1(c2nc(-c3cccs3)cs2)CCC1. The van der Waals surface area contributed by atoms with E-state index < -0.39 is 0 Å². The molecule has 2 aromatic rings. The normalized spacial score (nSPS) is 18.3. The smallest absolute Gasteiger partial charge is 0.101 e. The standard InChI is InChI=1S/C12H14N2S2/c13-8-12(4-2-5-12)11-14-9(7-16-11)10-3-1-6-15-10/h1,3,6-7H,2,4-5,8,13H2. The van der Waals surface area contributed by atoms with Crippen molar-refractivity contribution in [1.29, 1.82) is 0 Å². The third kappa shape index (κ3) is 1.52. The Morgan fingerprint density at radius 2 is 2.25 bits per heavy atom. The zero-order valence-corrected chi connectivity index (χ0v) is 10.6. The number of aromatic nitrogens is 1. The molecule has 0 amide bonds. The summed E-state index contributed by atoms with van der Waals surface area (Å²) < 4.78 is 0. The summed E-state index contributed by atoms with van der Waals surface area (Å²) in [5.74, 6) is 0. The molecule has 0 atom stereocenters. The van der Waals surface area contributed by atoms with Gasteiger partial charge in [0.1, 0.15) is 5.01 Å². The van der Waals surface area contributed by atoms with Crippen LogP contribution >= 0.6 is 22.7 Å². The van der Waals surface area contributed by atoms with Crippen LogP contribution in [0.3, 0.4) is 0 Å². The van der Waals surface area contributed by atoms with Crippen molar-refractivity contribution in [2.75, 3.05) is 6.54 Å². The van der Waals surface area contributed by atoms with Gasteiger partial charge in [-0.1, -0.05) is 12.5 Å². The molecule has 0 aromatic carbocycles. The van der Waals surface area contributed by atoms with Gasteiger partial charge in [-0.05, 0) is 24.3 Å². The summed E-state index contributed by atoms with van der Waals surface area (Å²) in [6.45, 7) is 0.740. The Morgan fingerprint density at radius 3 is 2.81 bits per heavy atom. The van der Waals surface area contributed by atoms with Crippen LogP contribution in [0.15, 0.2) is 22.9 Å². The fraction of sp³-hybridized carbons (Fsp3) is 0.417. The van der Waals surface area contributed by atoms with Gasteiger partial charge in [0.05, 0.1) is 10.6 Å². The summed E-state index contributed by atoms with van der Waals surface area (Å²) in [6, 6.07) is 4.19. The Hall–Kier alpha value is -0.710. The van der Waals surface area contributed by atoms with E-state index in [2.05, 4.69) is 22.9 Å². The summed E-state index contributed by atoms with van der Waals surface area (Å²) >= 11 is 3.52. The highest BCUT2D eigenvalue weighted by Gasteiger charge is 2.39. The number of thiazole rings is 1. The van der Waals surface area contributed by atoms with Crippen molar-refractivity contribution in [2.24, 2.45) is 5.73 Å². The van der Waals surface area contributed by atoms with Crippen LogP contribution < -0.4 is 5.73 Å². The van der Waals surface area contributed by atoms with Crippen molar-refractivity contribution in [3.8, 4) is 10.6 Å². The number of hydrogen-bond acceptors (Lipinski definition) is 4. The maximum Gasteiger partial charge on any atom is 0.101 e. The fourth-order valence-corrected chi connectivity index (χ4v) is 4.02. The van der Waals surface area contributed by atoms with Crippen LogP contribution in [0.5, 0.6) is 0 Å². The van der Waals surface area contributed by atoms with Gasteiger partial charge in [-0.15, -0.1) is 22.7 Å². The van der Waals surface area contributed by atoms with Crippen LogP contribution in [-0.4, -0.2) is 11.5 Å². The minimum atomic E-state index is 0.209. The highest BCUT2D eigenvalue weighted by Crippen LogP contribution is 2.44. The summed E-state index contributed by atoms with van der Waals surface area (Å²) in [6.07, 6.45) is 3.72. The quantitative estimate of drug-likeness (QED) is 0.908. The number of nitrogens with two attached hydrogens (primary N) is 1. The van der Waals surface area contributed by atoms with Gasteiger partial charge in [0, 0.05) is 17.3 Å². The zero-order valence-electron chi connectivity index (χ0n) is 8.98. The van der Waals surface area contributed by atoms with Gasteiger partial charge in [0.25, 0.3) is 0 Å². The zero-order chi connectivity index (χ0) is 11.0. The molecule has 1 aliphatic rings. The second-order valence-electron chi connectivity index (χ2n) is 4.35. The molecule has 84 valence electrons. The first kappa shape index (κ1) is 10.4. The van der Waals surface area contributed by atoms with Crippen LogP contribution in [0.4, 0.5) is 0 Å². The van der Waals surface area contributed by atoms with E-state index in [4.69, 9.17) is 10.7 Å². The Bertz CT molecular complexity index is 463. The Kier molecular flexibility index (Phi) is 2.58. The largest absolute Gasteiger partial charge is 0.329 e. The van der Waals surface area contributed by atoms with Crippen molar-refractivity contribution >= 4 is 22.7 Å². The molecule has 1 saturated carbocycles. The molecule has 0 saturated heterocycles. The number of thiophene rings is 1. The van der Waals surface area contributed by atoms with Crippen LogP contribution in [0, 0.1) is 0 Å². The van der Waals surface area contributed by atoms with Crippen molar-refractivity contribution < 1.29 is 0 Å². The van der Waals surface area contributed by atoms with Crippen molar-refractivity contribution in [2.45, 2.75) is 24.7 Å². The molecule has 0 spiro atoms. The molecule has 2 aromatic heterocycles. The maximum absolute atomic E-state index is 5.90. The lowest BCUT2D eigenvalue weighted by Crippen LogP contribution is -2.41. The lowest BCUT2D eigenvalue weighted by atomic mass is 9.69. The number of nitrogens with zero attached hydrogens (tertiary/aromatic N) is 1. The van der Waals surface area contributed by atoms with Crippen LogP contribution in [-0.2, 0) is 5.41 Å². The predicted molar refractivity (Wildman–Crippen MR) is 70.0 cm³/mol. The average Bonchev–Trinajstić information content (AvgIpc) is 2.86. The summed E-state index contributed by atoms with van der Waals surface area (Å²) in [4.78, 5) is 6.02. The molecule has 16 heavy (non-hydrogen) atoms. The Morgan fingerprint density at radius 1 is 1.38 bits per heavy atom. The molecule has 2 heterocycles. The van der Waals surface area contributed by atoms with E-state index in [0.717, 1.165) is 12.2 Å². The van der Waals surface area contributed by atoms with Crippen LogP contribution in [0.25, 0.3) is 10.6 Å². The van der Waals surface area contributed by atoms with Crippen molar-refractivity contribution in [3.05, 3.63) is 27.9 Å². The van der Waals surface area contributed by atoms with E-state index in [1.54, 1.807) is 22.7 Å². The summed E-state index contributed by atoms with van der Waals surface area (Å²) in [7, 11) is 0. The lowest BCUT2D eigenvalue weighted by molar-refractivity contribution is 0.252. The first-order valence-electron chi connectivity index (χ1n) is 5.54. The van der Waals surface area contributed by atoms with Gasteiger partial charge >= 0.3 is 0 Å². The van der Waals surface area contributed by atoms with Gasteiger partial charge in [-0.25, -0.2) is 4.98 Å². The molecule has 1 fully saturated rings. The fourth-order valence-electron chi connectivity index (χ4n) is 2.16. The van der Waals surface area contributed by atoms with Gasteiger partial charge < -0.3 is 5.73 Å². The third-order valence-electron chi connectivity index (χ3n) is 3.43.